The third kappa shape index (κ3) is 5.60. The number of ether oxygens (including phenoxy) is 3. The summed E-state index contributed by atoms with van der Waals surface area (Å²) >= 11 is 0. The van der Waals surface area contributed by atoms with Gasteiger partial charge in [-0.3, -0.25) is 9.69 Å². The van der Waals surface area contributed by atoms with E-state index in [9.17, 15) is 13.2 Å². The predicted octanol–water partition coefficient (Wildman–Crippen LogP) is 1.08. The highest BCUT2D eigenvalue weighted by atomic mass is 32.2. The van der Waals surface area contributed by atoms with Crippen LogP contribution in [0.3, 0.4) is 0 Å². The number of nitrogens with zero attached hydrogens (tertiary/aromatic N) is 3. The highest BCUT2D eigenvalue weighted by Crippen LogP contribution is 2.32. The van der Waals surface area contributed by atoms with Crippen LogP contribution in [0.4, 0.5) is 0 Å². The lowest BCUT2D eigenvalue weighted by molar-refractivity contribution is -0.117. The number of carbonyl (C=O) groups excluding carboxylic acids is 1. The van der Waals surface area contributed by atoms with Crippen LogP contribution in [0.1, 0.15) is 18.5 Å². The first kappa shape index (κ1) is 24.2. The van der Waals surface area contributed by atoms with Gasteiger partial charge in [0, 0.05) is 32.4 Å². The van der Waals surface area contributed by atoms with E-state index in [-0.39, 0.29) is 24.2 Å². The van der Waals surface area contributed by atoms with Crippen LogP contribution in [0.2, 0.25) is 0 Å². The standard InChI is InChI=1S/C23H30N4O6S/c1-3-33-20-6-4-17(14-21(20)31-2)19(26-8-11-32-12-9-26)15-24-23(28)18-5-7-22-25-34(29,30)13-10-27(22)16-18/h4-7,14,16,19H,3,8-13,15H2,1-2H3,(H,24,28)/t19-/m0/s1. The molecule has 184 valence electrons. The van der Waals surface area contributed by atoms with Crippen LogP contribution in [-0.2, 0) is 19.6 Å². The Morgan fingerprint density at radius 1 is 1.21 bits per heavy atom. The first-order chi connectivity index (χ1) is 16.4. The molecule has 1 N–H and O–H groups in total. The lowest BCUT2D eigenvalue weighted by Gasteiger charge is -2.35. The minimum atomic E-state index is -3.44. The van der Waals surface area contributed by atoms with Crippen molar-refractivity contribution < 1.29 is 27.4 Å². The molecule has 0 unspecified atom stereocenters. The van der Waals surface area contributed by atoms with Crippen molar-refractivity contribution in [2.45, 2.75) is 13.0 Å². The molecule has 0 aliphatic carbocycles. The van der Waals surface area contributed by atoms with Gasteiger partial charge in [0.2, 0.25) is 0 Å². The molecule has 0 spiro atoms. The normalized spacial score (nSPS) is 20.6. The number of morpholine rings is 1. The Balaban J connectivity index is 1.50. The second-order valence-corrected chi connectivity index (χ2v) is 9.82. The van der Waals surface area contributed by atoms with E-state index in [0.717, 1.165) is 18.7 Å². The van der Waals surface area contributed by atoms with E-state index >= 15 is 0 Å². The topological polar surface area (TPSA) is 110 Å². The smallest absolute Gasteiger partial charge is 0.256 e. The fourth-order valence-electron chi connectivity index (χ4n) is 4.14. The minimum absolute atomic E-state index is 0.0750. The number of amidine groups is 1. The molecule has 11 heteroatoms. The van der Waals surface area contributed by atoms with Gasteiger partial charge in [0.25, 0.3) is 15.9 Å². The molecule has 1 aromatic carbocycles. The molecule has 1 atom stereocenters. The fraction of sp³-hybridized carbons (Fsp3) is 0.478. The van der Waals surface area contributed by atoms with Gasteiger partial charge >= 0.3 is 0 Å². The summed E-state index contributed by atoms with van der Waals surface area (Å²) in [6, 6.07) is 5.76. The van der Waals surface area contributed by atoms with Crippen molar-refractivity contribution in [1.82, 2.24) is 15.1 Å². The zero-order chi connectivity index (χ0) is 24.1. The molecule has 1 saturated heterocycles. The summed E-state index contributed by atoms with van der Waals surface area (Å²) in [5.41, 5.74) is 1.45. The Morgan fingerprint density at radius 2 is 2.00 bits per heavy atom. The van der Waals surface area contributed by atoms with E-state index in [1.165, 1.54) is 0 Å². The maximum atomic E-state index is 13.0. The number of nitrogens with one attached hydrogen (secondary N) is 1. The number of benzene rings is 1. The van der Waals surface area contributed by atoms with Crippen LogP contribution < -0.4 is 14.8 Å². The van der Waals surface area contributed by atoms with Gasteiger partial charge in [-0.05, 0) is 36.8 Å². The van der Waals surface area contributed by atoms with Gasteiger partial charge in [-0.2, -0.15) is 0 Å². The molecule has 0 saturated carbocycles. The molecule has 0 radical (unpaired) electrons. The number of fused-ring (bicyclic) bond motifs is 1. The third-order valence-corrected chi connectivity index (χ3v) is 7.06. The summed E-state index contributed by atoms with van der Waals surface area (Å²) in [4.78, 5) is 16.9. The molecule has 10 nitrogen and oxygen atoms in total. The van der Waals surface area contributed by atoms with Crippen molar-refractivity contribution in [2.24, 2.45) is 4.40 Å². The van der Waals surface area contributed by atoms with E-state index < -0.39 is 10.0 Å². The van der Waals surface area contributed by atoms with Gasteiger partial charge in [-0.1, -0.05) is 6.07 Å². The lowest BCUT2D eigenvalue weighted by Crippen LogP contribution is -2.44. The van der Waals surface area contributed by atoms with Crippen molar-refractivity contribution in [1.29, 1.82) is 0 Å². The van der Waals surface area contributed by atoms with Crippen molar-refractivity contribution in [2.75, 3.05) is 58.9 Å². The molecule has 3 heterocycles. The number of methoxy groups -OCH3 is 1. The molecule has 1 fully saturated rings. The maximum Gasteiger partial charge on any atom is 0.256 e. The Hall–Kier alpha value is -2.89. The van der Waals surface area contributed by atoms with E-state index in [2.05, 4.69) is 14.6 Å². The molecular weight excluding hydrogens is 460 g/mol. The number of rotatable bonds is 8. The highest BCUT2D eigenvalue weighted by molar-refractivity contribution is 7.90. The number of carbonyl (C=O) groups is 1. The van der Waals surface area contributed by atoms with Crippen LogP contribution >= 0.6 is 0 Å². The van der Waals surface area contributed by atoms with Crippen molar-refractivity contribution in [3.63, 3.8) is 0 Å². The summed E-state index contributed by atoms with van der Waals surface area (Å²) in [5.74, 6) is 1.34. The second-order valence-electron chi connectivity index (χ2n) is 8.06. The molecule has 1 amide bonds. The molecule has 34 heavy (non-hydrogen) atoms. The molecule has 0 aromatic heterocycles. The minimum Gasteiger partial charge on any atom is -0.493 e. The van der Waals surface area contributed by atoms with E-state index in [1.54, 1.807) is 30.4 Å². The summed E-state index contributed by atoms with van der Waals surface area (Å²) in [6.45, 7) is 5.88. The SMILES string of the molecule is CCOc1ccc([C@H](CNC(=O)C2=CN3CCS(=O)(=O)N=C3C=C2)N2CCOCC2)cc1OC. The van der Waals surface area contributed by atoms with Crippen LogP contribution in [0.5, 0.6) is 11.5 Å². The average molecular weight is 491 g/mol. The highest BCUT2D eigenvalue weighted by Gasteiger charge is 2.27. The van der Waals surface area contributed by atoms with Gasteiger partial charge in [0.15, 0.2) is 11.5 Å². The zero-order valence-corrected chi connectivity index (χ0v) is 20.2. The molecular formula is C23H30N4O6S. The number of hydrogen-bond acceptors (Lipinski definition) is 8. The van der Waals surface area contributed by atoms with E-state index in [0.29, 0.717) is 49.3 Å². The Kier molecular flexibility index (Phi) is 7.54. The summed E-state index contributed by atoms with van der Waals surface area (Å²) in [5, 5.41) is 3.04. The van der Waals surface area contributed by atoms with Crippen LogP contribution in [0, 0.1) is 0 Å². The van der Waals surface area contributed by atoms with E-state index in [4.69, 9.17) is 14.2 Å². The van der Waals surface area contributed by atoms with Crippen molar-refractivity contribution in [3.05, 3.63) is 47.7 Å². The second kappa shape index (κ2) is 10.6. The Labute approximate surface area is 199 Å². The molecule has 1 aromatic rings. The van der Waals surface area contributed by atoms with Gasteiger partial charge in [0.1, 0.15) is 5.84 Å². The summed E-state index contributed by atoms with van der Waals surface area (Å²) < 4.78 is 43.9. The monoisotopic (exact) mass is 490 g/mol. The van der Waals surface area contributed by atoms with Gasteiger partial charge < -0.3 is 24.4 Å². The average Bonchev–Trinajstić information content (AvgIpc) is 2.84. The quantitative estimate of drug-likeness (QED) is 0.577. The first-order valence-electron chi connectivity index (χ1n) is 11.3. The maximum absolute atomic E-state index is 13.0. The summed E-state index contributed by atoms with van der Waals surface area (Å²) in [7, 11) is -1.83. The predicted molar refractivity (Wildman–Crippen MR) is 127 cm³/mol. The molecule has 3 aliphatic rings. The number of hydrogen-bond donors (Lipinski definition) is 1. The van der Waals surface area contributed by atoms with Crippen LogP contribution in [-0.4, -0.2) is 88.8 Å². The third-order valence-electron chi connectivity index (χ3n) is 5.90. The Bertz CT molecular complexity index is 1110. The first-order valence-corrected chi connectivity index (χ1v) is 12.9. The molecule has 3 aliphatic heterocycles. The zero-order valence-electron chi connectivity index (χ0n) is 19.4. The van der Waals surface area contributed by atoms with Crippen molar-refractivity contribution >= 4 is 21.8 Å². The molecule has 0 bridgehead atoms. The van der Waals surface area contributed by atoms with Crippen molar-refractivity contribution in [3.8, 4) is 11.5 Å². The van der Waals surface area contributed by atoms with Gasteiger partial charge in [-0.15, -0.1) is 4.40 Å². The number of amides is 1. The molecule has 4 rings (SSSR count). The fourth-order valence-corrected chi connectivity index (χ4v) is 5.11. The van der Waals surface area contributed by atoms with E-state index in [1.807, 2.05) is 25.1 Å². The lowest BCUT2D eigenvalue weighted by atomic mass is 10.0. The van der Waals surface area contributed by atoms with Gasteiger partial charge in [0.05, 0.1) is 44.3 Å². The summed E-state index contributed by atoms with van der Waals surface area (Å²) in [6.07, 6.45) is 4.80. The van der Waals surface area contributed by atoms with Crippen LogP contribution in [0.25, 0.3) is 0 Å². The number of sulfonamides is 1. The Morgan fingerprint density at radius 3 is 2.74 bits per heavy atom. The van der Waals surface area contributed by atoms with Gasteiger partial charge in [-0.25, -0.2) is 8.42 Å². The largest absolute Gasteiger partial charge is 0.493 e. The van der Waals surface area contributed by atoms with Crippen LogP contribution in [0.15, 0.2) is 46.5 Å².